The standard InChI is InChI=1S/C51H43N.C16H16/c1-36-30-40(33-47-21-12-11-20-46(47)32-37(2)41-16-7-5-8-17-41)34-49(31-36)44-28-26-42(27-29-44)39(4)52-51-25-14-13-24-50(51)38(3)45-22-15-23-48(35-45)43-18-9-6-10-19-43;1-13-8-6-7-11-16(13)12-14(2)15-9-4-3-5-10-15/h5-32,34-35H,4,33H2,1-3H3;3-12H,1-2H3/b37-32+,50-38+,52-51?;14-12+. The van der Waals surface area contributed by atoms with Gasteiger partial charge in [0, 0.05) is 5.57 Å². The molecule has 0 saturated heterocycles. The summed E-state index contributed by atoms with van der Waals surface area (Å²) in [5.41, 5.74) is 23.8. The molecular weight excluding hydrogens is 819 g/mol. The van der Waals surface area contributed by atoms with E-state index in [9.17, 15) is 0 Å². The van der Waals surface area contributed by atoms with Gasteiger partial charge in [0.1, 0.15) is 0 Å². The fourth-order valence-corrected chi connectivity index (χ4v) is 8.64. The molecule has 1 aliphatic carbocycles. The van der Waals surface area contributed by atoms with Crippen LogP contribution in [0.2, 0.25) is 0 Å². The maximum absolute atomic E-state index is 5.06. The third-order valence-electron chi connectivity index (χ3n) is 12.5. The molecule has 0 aromatic heterocycles. The Morgan fingerprint density at radius 2 is 1.00 bits per heavy atom. The van der Waals surface area contributed by atoms with E-state index in [1.165, 1.54) is 89.0 Å². The van der Waals surface area contributed by atoms with Crippen molar-refractivity contribution in [1.82, 2.24) is 0 Å². The van der Waals surface area contributed by atoms with Gasteiger partial charge in [0.2, 0.25) is 0 Å². The van der Waals surface area contributed by atoms with E-state index in [1.807, 2.05) is 12.1 Å². The molecule has 0 N–H and O–H groups in total. The van der Waals surface area contributed by atoms with Crippen molar-refractivity contribution in [1.29, 1.82) is 0 Å². The number of benzene rings is 8. The van der Waals surface area contributed by atoms with E-state index in [0.29, 0.717) is 0 Å². The highest BCUT2D eigenvalue weighted by molar-refractivity contribution is 6.17. The second kappa shape index (κ2) is 22.4. The number of rotatable bonds is 11. The SMILES string of the molecule is C/C(=C\c1ccccc1C)c1ccccc1.C=C(N=C1C=CC=C/C1=C(/C)c1cccc(-c2ccccc2)c1)c1ccc(-c2cc(C)cc(Cc3ccccc3/C=C(\C)c3ccccc3)c2)cc1. The van der Waals surface area contributed by atoms with E-state index in [-0.39, 0.29) is 0 Å². The van der Waals surface area contributed by atoms with Crippen molar-refractivity contribution in [3.63, 3.8) is 0 Å². The Kier molecular flexibility index (Phi) is 15.3. The number of aliphatic imine (C=N–C) groups is 1. The van der Waals surface area contributed by atoms with Crippen LogP contribution < -0.4 is 0 Å². The predicted octanol–water partition coefficient (Wildman–Crippen LogP) is 18.0. The summed E-state index contributed by atoms with van der Waals surface area (Å²) < 4.78 is 0. The topological polar surface area (TPSA) is 12.4 Å². The molecule has 0 heterocycles. The molecule has 332 valence electrons. The fraction of sp³-hybridized carbons (Fsp3) is 0.0896. The average molecular weight is 878 g/mol. The van der Waals surface area contributed by atoms with Gasteiger partial charge in [-0.15, -0.1) is 0 Å². The van der Waals surface area contributed by atoms with E-state index in [4.69, 9.17) is 4.99 Å². The lowest BCUT2D eigenvalue weighted by Crippen LogP contribution is -2.03. The van der Waals surface area contributed by atoms with Crippen LogP contribution >= 0.6 is 0 Å². The van der Waals surface area contributed by atoms with Crippen molar-refractivity contribution < 1.29 is 0 Å². The Hall–Kier alpha value is -8.13. The molecule has 0 amide bonds. The van der Waals surface area contributed by atoms with Crippen molar-refractivity contribution in [3.8, 4) is 22.3 Å². The summed E-state index contributed by atoms with van der Waals surface area (Å²) in [6.45, 7) is 15.2. The lowest BCUT2D eigenvalue weighted by atomic mass is 9.93. The van der Waals surface area contributed by atoms with Crippen molar-refractivity contribution in [2.24, 2.45) is 4.99 Å². The van der Waals surface area contributed by atoms with Crippen LogP contribution in [0.4, 0.5) is 0 Å². The number of hydrogen-bond acceptors (Lipinski definition) is 1. The van der Waals surface area contributed by atoms with E-state index in [0.717, 1.165) is 29.0 Å². The average Bonchev–Trinajstić information content (AvgIpc) is 3.38. The predicted molar refractivity (Wildman–Crippen MR) is 296 cm³/mol. The summed E-state index contributed by atoms with van der Waals surface area (Å²) in [5, 5.41) is 0. The third-order valence-corrected chi connectivity index (χ3v) is 12.5. The van der Waals surface area contributed by atoms with Gasteiger partial charge in [0.05, 0.1) is 11.4 Å². The molecule has 0 aliphatic heterocycles. The Labute approximate surface area is 405 Å². The van der Waals surface area contributed by atoms with Crippen LogP contribution in [0.3, 0.4) is 0 Å². The summed E-state index contributed by atoms with van der Waals surface area (Å²) in [7, 11) is 0. The molecule has 1 aliphatic rings. The number of hydrogen-bond donors (Lipinski definition) is 0. The molecule has 0 bridgehead atoms. The Morgan fingerprint density at radius 3 is 1.68 bits per heavy atom. The molecule has 0 saturated carbocycles. The first-order chi connectivity index (χ1) is 33.2. The molecule has 68 heavy (non-hydrogen) atoms. The molecular formula is C67H59N. The minimum absolute atomic E-state index is 0.741. The zero-order valence-corrected chi connectivity index (χ0v) is 40.0. The monoisotopic (exact) mass is 877 g/mol. The van der Waals surface area contributed by atoms with Crippen LogP contribution in [-0.4, -0.2) is 5.71 Å². The summed E-state index contributed by atoms with van der Waals surface area (Å²) in [5.74, 6) is 0. The van der Waals surface area contributed by atoms with Crippen LogP contribution in [-0.2, 0) is 6.42 Å². The smallest absolute Gasteiger partial charge is 0.0712 e. The van der Waals surface area contributed by atoms with Crippen LogP contribution in [0.1, 0.15) is 76.4 Å². The van der Waals surface area contributed by atoms with E-state index >= 15 is 0 Å². The quantitative estimate of drug-likeness (QED) is 0.115. The third kappa shape index (κ3) is 12.0. The normalized spacial score (nSPS) is 13.8. The van der Waals surface area contributed by atoms with Crippen molar-refractivity contribution in [2.75, 3.05) is 0 Å². The summed E-state index contributed by atoms with van der Waals surface area (Å²) in [4.78, 5) is 5.06. The van der Waals surface area contributed by atoms with Gasteiger partial charge in [-0.2, -0.15) is 0 Å². The zero-order valence-electron chi connectivity index (χ0n) is 40.0. The van der Waals surface area contributed by atoms with E-state index in [2.05, 4.69) is 272 Å². The minimum atomic E-state index is 0.741. The molecule has 8 aromatic carbocycles. The van der Waals surface area contributed by atoms with Gasteiger partial charge in [0.15, 0.2) is 0 Å². The minimum Gasteiger partial charge on any atom is -0.248 e. The van der Waals surface area contributed by atoms with E-state index < -0.39 is 0 Å². The number of allylic oxidation sites excluding steroid dienone is 8. The lowest BCUT2D eigenvalue weighted by molar-refractivity contribution is 1.17. The molecule has 0 fully saturated rings. The second-order valence-electron chi connectivity index (χ2n) is 17.6. The van der Waals surface area contributed by atoms with Gasteiger partial charge >= 0.3 is 0 Å². The highest BCUT2D eigenvalue weighted by atomic mass is 14.8. The van der Waals surface area contributed by atoms with Crippen LogP contribution in [0.5, 0.6) is 0 Å². The first-order valence-corrected chi connectivity index (χ1v) is 23.5. The van der Waals surface area contributed by atoms with Crippen molar-refractivity contribution >= 4 is 40.3 Å². The fourth-order valence-electron chi connectivity index (χ4n) is 8.64. The summed E-state index contributed by atoms with van der Waals surface area (Å²) >= 11 is 0. The maximum atomic E-state index is 5.06. The second-order valence-corrected chi connectivity index (χ2v) is 17.6. The van der Waals surface area contributed by atoms with Crippen molar-refractivity contribution in [3.05, 3.63) is 298 Å². The molecule has 0 spiro atoms. The molecule has 1 nitrogen and oxygen atoms in total. The van der Waals surface area contributed by atoms with Crippen LogP contribution in [0.25, 0.3) is 56.8 Å². The Morgan fingerprint density at radius 1 is 0.456 bits per heavy atom. The highest BCUT2D eigenvalue weighted by Crippen LogP contribution is 2.31. The highest BCUT2D eigenvalue weighted by Gasteiger charge is 2.13. The van der Waals surface area contributed by atoms with Crippen LogP contribution in [0.15, 0.2) is 248 Å². The zero-order chi connectivity index (χ0) is 47.2. The lowest BCUT2D eigenvalue weighted by Gasteiger charge is -2.14. The molecule has 0 atom stereocenters. The summed E-state index contributed by atoms with van der Waals surface area (Å²) in [6, 6.07) is 73.0. The summed E-state index contributed by atoms with van der Waals surface area (Å²) in [6.07, 6.45) is 13.8. The van der Waals surface area contributed by atoms with Gasteiger partial charge in [-0.05, 0) is 142 Å². The Balaban J connectivity index is 0.000000329. The Bertz CT molecular complexity index is 3210. The van der Waals surface area contributed by atoms with Gasteiger partial charge in [0.25, 0.3) is 0 Å². The molecule has 9 rings (SSSR count). The largest absolute Gasteiger partial charge is 0.248 e. The van der Waals surface area contributed by atoms with Gasteiger partial charge < -0.3 is 0 Å². The maximum Gasteiger partial charge on any atom is 0.0712 e. The van der Waals surface area contributed by atoms with Crippen LogP contribution in [0, 0.1) is 13.8 Å². The van der Waals surface area contributed by atoms with Gasteiger partial charge in [-0.3, -0.25) is 0 Å². The molecule has 0 radical (unpaired) electrons. The first kappa shape index (κ1) is 46.4. The van der Waals surface area contributed by atoms with Crippen molar-refractivity contribution in [2.45, 2.75) is 41.0 Å². The molecule has 0 unspecified atom stereocenters. The van der Waals surface area contributed by atoms with E-state index in [1.54, 1.807) is 0 Å². The number of nitrogens with zero attached hydrogens (tertiary/aromatic N) is 1. The molecule has 1 heteroatoms. The van der Waals surface area contributed by atoms with Gasteiger partial charge in [-0.25, -0.2) is 4.99 Å². The number of aryl methyl sites for hydroxylation is 2. The first-order valence-electron chi connectivity index (χ1n) is 23.5. The molecule has 8 aromatic rings. The van der Waals surface area contributed by atoms with Gasteiger partial charge in [-0.1, -0.05) is 243 Å².